The van der Waals surface area contributed by atoms with Gasteiger partial charge >= 0.3 is 0 Å². The molecule has 1 fully saturated rings. The summed E-state index contributed by atoms with van der Waals surface area (Å²) in [6.07, 6.45) is 1.74. The molecule has 0 radical (unpaired) electrons. The third kappa shape index (κ3) is 2.85. The van der Waals surface area contributed by atoms with Gasteiger partial charge in [0.15, 0.2) is 5.69 Å². The average molecular weight is 253 g/mol. The van der Waals surface area contributed by atoms with Gasteiger partial charge in [0.25, 0.3) is 5.91 Å². The third-order valence-corrected chi connectivity index (χ3v) is 2.82. The van der Waals surface area contributed by atoms with E-state index in [1.165, 1.54) is 0 Å². The van der Waals surface area contributed by atoms with E-state index in [1.807, 2.05) is 13.8 Å². The van der Waals surface area contributed by atoms with Crippen LogP contribution in [0.3, 0.4) is 0 Å². The van der Waals surface area contributed by atoms with Crippen molar-refractivity contribution in [1.29, 1.82) is 0 Å². The number of amides is 1. The van der Waals surface area contributed by atoms with Gasteiger partial charge in [0.1, 0.15) is 0 Å². The van der Waals surface area contributed by atoms with Crippen molar-refractivity contribution < 1.29 is 9.53 Å². The normalized spacial score (nSPS) is 24.3. The monoisotopic (exact) mass is 253 g/mol. The molecular weight excluding hydrogens is 234 g/mol. The molecule has 0 bridgehead atoms. The van der Waals surface area contributed by atoms with E-state index in [-0.39, 0.29) is 18.1 Å². The second kappa shape index (κ2) is 5.45. The van der Waals surface area contributed by atoms with E-state index < -0.39 is 0 Å². The van der Waals surface area contributed by atoms with Gasteiger partial charge in [-0.25, -0.2) is 0 Å². The summed E-state index contributed by atoms with van der Waals surface area (Å²) in [6, 6.07) is 0. The highest BCUT2D eigenvalue weighted by Crippen LogP contribution is 2.13. The highest BCUT2D eigenvalue weighted by molar-refractivity contribution is 5.92. The summed E-state index contributed by atoms with van der Waals surface area (Å²) < 4.78 is 7.18. The minimum Gasteiger partial charge on any atom is -0.372 e. The second-order valence-electron chi connectivity index (χ2n) is 4.62. The van der Waals surface area contributed by atoms with Crippen molar-refractivity contribution in [3.63, 3.8) is 0 Å². The van der Waals surface area contributed by atoms with Crippen molar-refractivity contribution in [2.24, 2.45) is 5.73 Å². The highest BCUT2D eigenvalue weighted by Gasteiger charge is 2.27. The van der Waals surface area contributed by atoms with E-state index in [0.717, 1.165) is 0 Å². The van der Waals surface area contributed by atoms with Gasteiger partial charge in [-0.15, -0.1) is 5.10 Å². The molecule has 2 N–H and O–H groups in total. The molecule has 100 valence electrons. The number of rotatable bonds is 3. The number of hydrogen-bond acceptors (Lipinski definition) is 5. The first-order valence-corrected chi connectivity index (χ1v) is 6.15. The summed E-state index contributed by atoms with van der Waals surface area (Å²) in [5.41, 5.74) is 5.79. The number of aromatic nitrogens is 3. The summed E-state index contributed by atoms with van der Waals surface area (Å²) >= 11 is 0. The minimum absolute atomic E-state index is 0.0526. The number of nitrogens with two attached hydrogens (primary N) is 1. The fourth-order valence-corrected chi connectivity index (χ4v) is 2.14. The maximum atomic E-state index is 12.2. The fraction of sp³-hybridized carbons (Fsp3) is 0.727. The van der Waals surface area contributed by atoms with Gasteiger partial charge in [-0.3, -0.25) is 9.48 Å². The topological polar surface area (TPSA) is 86.3 Å². The van der Waals surface area contributed by atoms with Crippen LogP contribution in [-0.2, 0) is 11.3 Å². The summed E-state index contributed by atoms with van der Waals surface area (Å²) in [5.74, 6) is -0.0970. The lowest BCUT2D eigenvalue weighted by molar-refractivity contribution is -0.0587. The van der Waals surface area contributed by atoms with Crippen LogP contribution in [0.2, 0.25) is 0 Å². The van der Waals surface area contributed by atoms with Gasteiger partial charge < -0.3 is 15.4 Å². The van der Waals surface area contributed by atoms with Crippen molar-refractivity contribution >= 4 is 5.91 Å². The van der Waals surface area contributed by atoms with Crippen LogP contribution in [0.4, 0.5) is 0 Å². The van der Waals surface area contributed by atoms with Crippen LogP contribution in [0.15, 0.2) is 6.20 Å². The van der Waals surface area contributed by atoms with Gasteiger partial charge in [-0.05, 0) is 13.8 Å². The molecule has 2 rings (SSSR count). The molecule has 1 aromatic heterocycles. The Kier molecular flexibility index (Phi) is 3.93. The predicted molar refractivity (Wildman–Crippen MR) is 65.0 cm³/mol. The van der Waals surface area contributed by atoms with Gasteiger partial charge in [0.05, 0.1) is 24.9 Å². The first-order chi connectivity index (χ1) is 8.60. The largest absolute Gasteiger partial charge is 0.372 e. The van der Waals surface area contributed by atoms with Gasteiger partial charge in [-0.2, -0.15) is 0 Å². The van der Waals surface area contributed by atoms with E-state index in [9.17, 15) is 4.79 Å². The number of hydrogen-bond donors (Lipinski definition) is 1. The van der Waals surface area contributed by atoms with E-state index in [2.05, 4.69) is 10.3 Å². The van der Waals surface area contributed by atoms with Crippen LogP contribution in [-0.4, -0.2) is 57.6 Å². The van der Waals surface area contributed by atoms with E-state index in [0.29, 0.717) is 31.9 Å². The first-order valence-electron chi connectivity index (χ1n) is 6.15. The molecule has 0 aromatic carbocycles. The molecule has 2 atom stereocenters. The number of carbonyl (C=O) groups is 1. The first kappa shape index (κ1) is 13.0. The quantitative estimate of drug-likeness (QED) is 0.783. The van der Waals surface area contributed by atoms with Gasteiger partial charge in [-0.1, -0.05) is 5.21 Å². The smallest absolute Gasteiger partial charge is 0.276 e. The predicted octanol–water partition coefficient (Wildman–Crippen LogP) is -0.514. The Morgan fingerprint density at radius 1 is 1.50 bits per heavy atom. The molecule has 0 spiro atoms. The van der Waals surface area contributed by atoms with Crippen LogP contribution < -0.4 is 5.73 Å². The zero-order chi connectivity index (χ0) is 13.1. The maximum Gasteiger partial charge on any atom is 0.276 e. The van der Waals surface area contributed by atoms with Crippen molar-refractivity contribution in [2.45, 2.75) is 32.6 Å². The standard InChI is InChI=1S/C11H19N5O2/c1-8-5-15(6-9(2)18-8)11(17)10-7-16(4-3-12)14-13-10/h7-9H,3-6,12H2,1-2H3. The number of carbonyl (C=O) groups excluding carboxylic acids is 1. The molecular formula is C11H19N5O2. The molecule has 1 aliphatic rings. The third-order valence-electron chi connectivity index (χ3n) is 2.82. The molecule has 1 aliphatic heterocycles. The van der Waals surface area contributed by atoms with Crippen LogP contribution in [0.25, 0.3) is 0 Å². The maximum absolute atomic E-state index is 12.2. The van der Waals surface area contributed by atoms with Crippen LogP contribution in [0, 0.1) is 0 Å². The van der Waals surface area contributed by atoms with Crippen LogP contribution in [0.5, 0.6) is 0 Å². The van der Waals surface area contributed by atoms with Crippen molar-refractivity contribution in [3.05, 3.63) is 11.9 Å². The molecule has 1 amide bonds. The van der Waals surface area contributed by atoms with Gasteiger partial charge in [0.2, 0.25) is 0 Å². The summed E-state index contributed by atoms with van der Waals surface area (Å²) in [7, 11) is 0. The fourth-order valence-electron chi connectivity index (χ4n) is 2.14. The van der Waals surface area contributed by atoms with E-state index in [1.54, 1.807) is 15.8 Å². The van der Waals surface area contributed by atoms with Crippen LogP contribution in [0.1, 0.15) is 24.3 Å². The Morgan fingerprint density at radius 2 is 2.17 bits per heavy atom. The SMILES string of the molecule is CC1CN(C(=O)c2cn(CCN)nn2)CC(C)O1. The lowest BCUT2D eigenvalue weighted by Crippen LogP contribution is -2.48. The molecule has 0 saturated carbocycles. The molecule has 2 heterocycles. The van der Waals surface area contributed by atoms with E-state index >= 15 is 0 Å². The van der Waals surface area contributed by atoms with Crippen molar-refractivity contribution in [2.75, 3.05) is 19.6 Å². The molecule has 7 nitrogen and oxygen atoms in total. The number of morpholine rings is 1. The zero-order valence-corrected chi connectivity index (χ0v) is 10.7. The lowest BCUT2D eigenvalue weighted by Gasteiger charge is -2.34. The lowest BCUT2D eigenvalue weighted by atomic mass is 10.2. The summed E-state index contributed by atoms with van der Waals surface area (Å²) in [5, 5.41) is 7.75. The van der Waals surface area contributed by atoms with Gasteiger partial charge in [0, 0.05) is 19.6 Å². The Bertz CT molecular complexity index is 409. The number of nitrogens with zero attached hydrogens (tertiary/aromatic N) is 4. The second-order valence-corrected chi connectivity index (χ2v) is 4.62. The van der Waals surface area contributed by atoms with Crippen molar-refractivity contribution in [1.82, 2.24) is 19.9 Å². The highest BCUT2D eigenvalue weighted by atomic mass is 16.5. The molecule has 0 aliphatic carbocycles. The Labute approximate surface area is 106 Å². The van der Waals surface area contributed by atoms with Crippen LogP contribution >= 0.6 is 0 Å². The Balaban J connectivity index is 2.05. The molecule has 18 heavy (non-hydrogen) atoms. The molecule has 1 saturated heterocycles. The zero-order valence-electron chi connectivity index (χ0n) is 10.7. The molecule has 2 unspecified atom stereocenters. The summed E-state index contributed by atoms with van der Waals surface area (Å²) in [6.45, 7) is 6.14. The summed E-state index contributed by atoms with van der Waals surface area (Å²) in [4.78, 5) is 14.0. The van der Waals surface area contributed by atoms with E-state index in [4.69, 9.17) is 10.5 Å². The Hall–Kier alpha value is -1.47. The molecule has 7 heteroatoms. The van der Waals surface area contributed by atoms with Crippen molar-refractivity contribution in [3.8, 4) is 0 Å². The molecule has 1 aromatic rings. The number of ether oxygens (including phenoxy) is 1. The minimum atomic E-state index is -0.0970. The Morgan fingerprint density at radius 3 is 2.78 bits per heavy atom. The average Bonchev–Trinajstić information content (AvgIpc) is 2.76.